The largest absolute Gasteiger partial charge is 0.481 e. The van der Waals surface area contributed by atoms with Crippen molar-refractivity contribution in [3.63, 3.8) is 0 Å². The highest BCUT2D eigenvalue weighted by atomic mass is 35.5. The molecule has 0 fully saturated rings. The van der Waals surface area contributed by atoms with Crippen LogP contribution in [0.2, 0.25) is 5.02 Å². The van der Waals surface area contributed by atoms with Gasteiger partial charge in [0.2, 0.25) is 0 Å². The van der Waals surface area contributed by atoms with Gasteiger partial charge in [-0.1, -0.05) is 23.7 Å². The average Bonchev–Trinajstić information content (AvgIpc) is 2.23. The Morgan fingerprint density at radius 3 is 2.76 bits per heavy atom. The topological polar surface area (TPSA) is 40.5 Å². The van der Waals surface area contributed by atoms with Crippen LogP contribution in [0.4, 0.5) is 0 Å². The van der Waals surface area contributed by atoms with Crippen LogP contribution in [0.3, 0.4) is 0 Å². The van der Waals surface area contributed by atoms with Crippen LogP contribution in [0.15, 0.2) is 18.2 Å². The molecule has 0 atom stereocenters. The third-order valence-electron chi connectivity index (χ3n) is 2.62. The molecule has 1 rings (SSSR count). The standard InChI is InChI=1S/C13H18ClNO2/c1-10-5-6-11(8-12(10)14)9-15(2)7-3-4-13(16)17/h5-6,8H,3-4,7,9H2,1-2H3,(H,16,17). The molecule has 0 aromatic heterocycles. The number of carboxylic acids is 1. The van der Waals surface area contributed by atoms with Crippen LogP contribution >= 0.6 is 11.6 Å². The van der Waals surface area contributed by atoms with Gasteiger partial charge in [0.15, 0.2) is 0 Å². The molecule has 4 heteroatoms. The summed E-state index contributed by atoms with van der Waals surface area (Å²) >= 11 is 6.05. The van der Waals surface area contributed by atoms with Gasteiger partial charge in [-0.05, 0) is 44.1 Å². The zero-order valence-electron chi connectivity index (χ0n) is 10.2. The summed E-state index contributed by atoms with van der Waals surface area (Å²) in [7, 11) is 1.98. The van der Waals surface area contributed by atoms with E-state index in [2.05, 4.69) is 11.0 Å². The van der Waals surface area contributed by atoms with E-state index in [1.54, 1.807) is 0 Å². The number of nitrogens with zero attached hydrogens (tertiary/aromatic N) is 1. The van der Waals surface area contributed by atoms with Gasteiger partial charge in [0, 0.05) is 18.0 Å². The van der Waals surface area contributed by atoms with E-state index in [9.17, 15) is 4.79 Å². The van der Waals surface area contributed by atoms with Gasteiger partial charge < -0.3 is 10.0 Å². The van der Waals surface area contributed by atoms with Gasteiger partial charge in [0.25, 0.3) is 0 Å². The van der Waals surface area contributed by atoms with E-state index in [-0.39, 0.29) is 6.42 Å². The lowest BCUT2D eigenvalue weighted by molar-refractivity contribution is -0.137. The van der Waals surface area contributed by atoms with Crippen molar-refractivity contribution in [1.29, 1.82) is 0 Å². The smallest absolute Gasteiger partial charge is 0.303 e. The molecular weight excluding hydrogens is 238 g/mol. The Kier molecular flexibility index (Phi) is 5.45. The molecule has 0 bridgehead atoms. The van der Waals surface area contributed by atoms with Gasteiger partial charge in [-0.25, -0.2) is 0 Å². The molecular formula is C13H18ClNO2. The monoisotopic (exact) mass is 255 g/mol. The molecule has 0 amide bonds. The van der Waals surface area contributed by atoms with E-state index in [0.717, 1.165) is 29.2 Å². The fraction of sp³-hybridized carbons (Fsp3) is 0.462. The first-order valence-electron chi connectivity index (χ1n) is 5.64. The van der Waals surface area contributed by atoms with E-state index in [1.807, 2.05) is 26.1 Å². The Bertz CT molecular complexity index is 393. The van der Waals surface area contributed by atoms with E-state index in [1.165, 1.54) is 0 Å². The maximum atomic E-state index is 10.4. The van der Waals surface area contributed by atoms with Crippen LogP contribution in [0.25, 0.3) is 0 Å². The molecule has 0 aliphatic heterocycles. The molecule has 0 saturated heterocycles. The highest BCUT2D eigenvalue weighted by Gasteiger charge is 2.04. The molecule has 1 N–H and O–H groups in total. The second-order valence-electron chi connectivity index (χ2n) is 4.32. The van der Waals surface area contributed by atoms with Crippen molar-refractivity contribution >= 4 is 17.6 Å². The number of benzene rings is 1. The van der Waals surface area contributed by atoms with Crippen molar-refractivity contribution in [3.8, 4) is 0 Å². The van der Waals surface area contributed by atoms with Gasteiger partial charge in [0.1, 0.15) is 0 Å². The normalized spacial score (nSPS) is 10.8. The van der Waals surface area contributed by atoms with Gasteiger partial charge in [-0.3, -0.25) is 4.79 Å². The number of aryl methyl sites for hydroxylation is 1. The SMILES string of the molecule is Cc1ccc(CN(C)CCCC(=O)O)cc1Cl. The van der Waals surface area contributed by atoms with Gasteiger partial charge in [0.05, 0.1) is 0 Å². The summed E-state index contributed by atoms with van der Waals surface area (Å²) in [6.45, 7) is 3.54. The molecule has 0 radical (unpaired) electrons. The van der Waals surface area contributed by atoms with E-state index >= 15 is 0 Å². The summed E-state index contributed by atoms with van der Waals surface area (Å²) in [5.74, 6) is -0.739. The Labute approximate surface area is 107 Å². The van der Waals surface area contributed by atoms with Crippen molar-refractivity contribution in [3.05, 3.63) is 34.3 Å². The predicted octanol–water partition coefficient (Wildman–Crippen LogP) is 2.95. The van der Waals surface area contributed by atoms with Gasteiger partial charge in [-0.15, -0.1) is 0 Å². The first kappa shape index (κ1) is 14.0. The number of hydrogen-bond donors (Lipinski definition) is 1. The van der Waals surface area contributed by atoms with Gasteiger partial charge >= 0.3 is 5.97 Å². The number of hydrogen-bond acceptors (Lipinski definition) is 2. The van der Waals surface area contributed by atoms with Crippen molar-refractivity contribution < 1.29 is 9.90 Å². The van der Waals surface area contributed by atoms with Crippen molar-refractivity contribution in [2.75, 3.05) is 13.6 Å². The molecule has 94 valence electrons. The second kappa shape index (κ2) is 6.62. The summed E-state index contributed by atoms with van der Waals surface area (Å²) in [5, 5.41) is 9.33. The summed E-state index contributed by atoms with van der Waals surface area (Å²) in [6, 6.07) is 6.02. The maximum Gasteiger partial charge on any atom is 0.303 e. The van der Waals surface area contributed by atoms with Crippen LogP contribution in [-0.2, 0) is 11.3 Å². The van der Waals surface area contributed by atoms with Crippen molar-refractivity contribution in [2.24, 2.45) is 0 Å². The Balaban J connectivity index is 2.42. The van der Waals surface area contributed by atoms with E-state index in [0.29, 0.717) is 6.42 Å². The highest BCUT2D eigenvalue weighted by molar-refractivity contribution is 6.31. The van der Waals surface area contributed by atoms with E-state index < -0.39 is 5.97 Å². The lowest BCUT2D eigenvalue weighted by Gasteiger charge is -2.16. The van der Waals surface area contributed by atoms with E-state index in [4.69, 9.17) is 16.7 Å². The second-order valence-corrected chi connectivity index (χ2v) is 4.73. The zero-order valence-corrected chi connectivity index (χ0v) is 11.0. The predicted molar refractivity (Wildman–Crippen MR) is 69.4 cm³/mol. The molecule has 0 aliphatic rings. The number of carboxylic acid groups (broad SMARTS) is 1. The molecule has 1 aromatic rings. The van der Waals surface area contributed by atoms with Crippen LogP contribution in [-0.4, -0.2) is 29.6 Å². The first-order valence-corrected chi connectivity index (χ1v) is 6.02. The molecule has 0 unspecified atom stereocenters. The maximum absolute atomic E-state index is 10.4. The lowest BCUT2D eigenvalue weighted by Crippen LogP contribution is -2.19. The van der Waals surface area contributed by atoms with Crippen LogP contribution in [0.5, 0.6) is 0 Å². The van der Waals surface area contributed by atoms with Crippen LogP contribution < -0.4 is 0 Å². The molecule has 3 nitrogen and oxygen atoms in total. The highest BCUT2D eigenvalue weighted by Crippen LogP contribution is 2.17. The summed E-state index contributed by atoms with van der Waals surface area (Å²) < 4.78 is 0. The third kappa shape index (κ3) is 5.20. The summed E-state index contributed by atoms with van der Waals surface area (Å²) in [5.41, 5.74) is 2.22. The number of halogens is 1. The lowest BCUT2D eigenvalue weighted by atomic mass is 10.1. The van der Waals surface area contributed by atoms with Crippen molar-refractivity contribution in [1.82, 2.24) is 4.90 Å². The minimum Gasteiger partial charge on any atom is -0.481 e. The molecule has 17 heavy (non-hydrogen) atoms. The Morgan fingerprint density at radius 2 is 2.18 bits per heavy atom. The molecule has 0 aliphatic carbocycles. The van der Waals surface area contributed by atoms with Crippen molar-refractivity contribution in [2.45, 2.75) is 26.3 Å². The number of carbonyl (C=O) groups is 1. The molecule has 0 heterocycles. The van der Waals surface area contributed by atoms with Gasteiger partial charge in [-0.2, -0.15) is 0 Å². The molecule has 0 spiro atoms. The quantitative estimate of drug-likeness (QED) is 0.850. The number of aliphatic carboxylic acids is 1. The average molecular weight is 256 g/mol. The number of rotatable bonds is 6. The van der Waals surface area contributed by atoms with Crippen LogP contribution in [0.1, 0.15) is 24.0 Å². The molecule has 1 aromatic carbocycles. The summed E-state index contributed by atoms with van der Waals surface area (Å²) in [6.07, 6.45) is 0.893. The Morgan fingerprint density at radius 1 is 1.47 bits per heavy atom. The first-order chi connectivity index (χ1) is 7.99. The zero-order chi connectivity index (χ0) is 12.8. The minimum absolute atomic E-state index is 0.221. The Hall–Kier alpha value is -1.06. The molecule has 0 saturated carbocycles. The third-order valence-corrected chi connectivity index (χ3v) is 3.03. The van der Waals surface area contributed by atoms with Crippen LogP contribution in [0, 0.1) is 6.92 Å². The fourth-order valence-electron chi connectivity index (χ4n) is 1.63. The minimum atomic E-state index is -0.739. The fourth-order valence-corrected chi connectivity index (χ4v) is 1.83. The summed E-state index contributed by atoms with van der Waals surface area (Å²) in [4.78, 5) is 12.5.